The number of aromatic hydroxyl groups is 1. The van der Waals surface area contributed by atoms with E-state index in [0.717, 1.165) is 0 Å². The van der Waals surface area contributed by atoms with Gasteiger partial charge in [-0.2, -0.15) is 0 Å². The SMILES string of the molecule is CC(=O)c1c(O)cc(C)n(-c2ccccc2N)c1=O. The lowest BCUT2D eigenvalue weighted by Gasteiger charge is -2.14. The van der Waals surface area contributed by atoms with Crippen LogP contribution in [0.25, 0.3) is 5.69 Å². The van der Waals surface area contributed by atoms with Crippen LogP contribution in [0.15, 0.2) is 35.1 Å². The number of Topliss-reactive ketones (excluding diaryl/α,β-unsaturated/α-hetero) is 1. The molecule has 5 nitrogen and oxygen atoms in total. The molecular formula is C14H14N2O3. The van der Waals surface area contributed by atoms with Crippen LogP contribution in [0, 0.1) is 6.92 Å². The number of aryl methyl sites for hydroxylation is 1. The first-order valence-electron chi connectivity index (χ1n) is 5.75. The fraction of sp³-hybridized carbons (Fsp3) is 0.143. The number of aromatic nitrogens is 1. The van der Waals surface area contributed by atoms with Crippen LogP contribution in [0.2, 0.25) is 0 Å². The summed E-state index contributed by atoms with van der Waals surface area (Å²) in [6, 6.07) is 8.24. The number of anilines is 1. The third-order valence-electron chi connectivity index (χ3n) is 2.90. The van der Waals surface area contributed by atoms with E-state index in [1.165, 1.54) is 17.6 Å². The molecule has 98 valence electrons. The lowest BCUT2D eigenvalue weighted by Crippen LogP contribution is -2.26. The number of nitrogen functional groups attached to an aromatic ring is 1. The van der Waals surface area contributed by atoms with E-state index in [0.29, 0.717) is 17.1 Å². The summed E-state index contributed by atoms with van der Waals surface area (Å²) in [5.74, 6) is -0.786. The molecule has 0 unspecified atom stereocenters. The van der Waals surface area contributed by atoms with Gasteiger partial charge in [-0.15, -0.1) is 0 Å². The average molecular weight is 258 g/mol. The predicted molar refractivity (Wildman–Crippen MR) is 72.9 cm³/mol. The van der Waals surface area contributed by atoms with E-state index in [-0.39, 0.29) is 11.3 Å². The second kappa shape index (κ2) is 4.61. The molecule has 0 amide bonds. The van der Waals surface area contributed by atoms with Gasteiger partial charge in [-0.3, -0.25) is 14.2 Å². The summed E-state index contributed by atoms with van der Waals surface area (Å²) >= 11 is 0. The molecule has 0 bridgehead atoms. The second-order valence-corrected chi connectivity index (χ2v) is 4.30. The zero-order chi connectivity index (χ0) is 14.2. The maximum absolute atomic E-state index is 12.3. The zero-order valence-electron chi connectivity index (χ0n) is 10.7. The van der Waals surface area contributed by atoms with Crippen molar-refractivity contribution in [3.05, 3.63) is 51.9 Å². The van der Waals surface area contributed by atoms with Gasteiger partial charge in [-0.05, 0) is 26.0 Å². The monoisotopic (exact) mass is 258 g/mol. The Bertz CT molecular complexity index is 717. The number of hydrogen-bond acceptors (Lipinski definition) is 4. The Hall–Kier alpha value is -2.56. The normalized spacial score (nSPS) is 10.4. The molecule has 0 fully saturated rings. The Labute approximate surface area is 109 Å². The van der Waals surface area contributed by atoms with Crippen molar-refractivity contribution in [1.82, 2.24) is 4.57 Å². The lowest BCUT2D eigenvalue weighted by atomic mass is 10.1. The summed E-state index contributed by atoms with van der Waals surface area (Å²) in [7, 11) is 0. The average Bonchev–Trinajstić information content (AvgIpc) is 2.30. The largest absolute Gasteiger partial charge is 0.507 e. The maximum atomic E-state index is 12.3. The van der Waals surface area contributed by atoms with Crippen molar-refractivity contribution in [2.75, 3.05) is 5.73 Å². The van der Waals surface area contributed by atoms with Gasteiger partial charge >= 0.3 is 0 Å². The molecule has 1 aromatic heterocycles. The molecule has 0 saturated carbocycles. The van der Waals surface area contributed by atoms with E-state index in [9.17, 15) is 14.7 Å². The Balaban J connectivity index is 2.86. The lowest BCUT2D eigenvalue weighted by molar-refractivity contribution is 0.101. The van der Waals surface area contributed by atoms with Gasteiger partial charge in [-0.25, -0.2) is 0 Å². The Morgan fingerprint density at radius 1 is 1.32 bits per heavy atom. The van der Waals surface area contributed by atoms with Gasteiger partial charge in [0.15, 0.2) is 5.78 Å². The summed E-state index contributed by atoms with van der Waals surface area (Å²) < 4.78 is 1.33. The quantitative estimate of drug-likeness (QED) is 0.633. The number of benzene rings is 1. The number of carbonyl (C=O) groups is 1. The first-order valence-corrected chi connectivity index (χ1v) is 5.75. The molecule has 3 N–H and O–H groups in total. The van der Waals surface area contributed by atoms with Gasteiger partial charge in [0.2, 0.25) is 0 Å². The highest BCUT2D eigenvalue weighted by Gasteiger charge is 2.17. The van der Waals surface area contributed by atoms with Crippen LogP contribution in [0.1, 0.15) is 23.0 Å². The van der Waals surface area contributed by atoms with Crippen LogP contribution >= 0.6 is 0 Å². The number of para-hydroxylation sites is 2. The number of carbonyl (C=O) groups excluding carboxylic acids is 1. The molecule has 0 saturated heterocycles. The van der Waals surface area contributed by atoms with E-state index >= 15 is 0 Å². The Kier molecular flexibility index (Phi) is 3.12. The van der Waals surface area contributed by atoms with E-state index in [2.05, 4.69) is 0 Å². The molecule has 0 atom stereocenters. The maximum Gasteiger partial charge on any atom is 0.270 e. The summed E-state index contributed by atoms with van der Waals surface area (Å²) in [6.07, 6.45) is 0. The topological polar surface area (TPSA) is 85.3 Å². The van der Waals surface area contributed by atoms with Crippen molar-refractivity contribution in [1.29, 1.82) is 0 Å². The van der Waals surface area contributed by atoms with Crippen molar-refractivity contribution in [2.45, 2.75) is 13.8 Å². The van der Waals surface area contributed by atoms with Crippen molar-refractivity contribution in [3.8, 4) is 11.4 Å². The number of nitrogens with zero attached hydrogens (tertiary/aromatic N) is 1. The number of hydrogen-bond donors (Lipinski definition) is 2. The van der Waals surface area contributed by atoms with E-state index in [1.807, 2.05) is 0 Å². The van der Waals surface area contributed by atoms with E-state index < -0.39 is 11.3 Å². The minimum absolute atomic E-state index is 0.228. The smallest absolute Gasteiger partial charge is 0.270 e. The van der Waals surface area contributed by atoms with Crippen LogP contribution < -0.4 is 11.3 Å². The molecule has 2 aromatic rings. The third-order valence-corrected chi connectivity index (χ3v) is 2.90. The van der Waals surface area contributed by atoms with Crippen LogP contribution in [-0.2, 0) is 0 Å². The van der Waals surface area contributed by atoms with Gasteiger partial charge in [0.1, 0.15) is 11.3 Å². The third kappa shape index (κ3) is 2.10. The first-order chi connectivity index (χ1) is 8.93. The van der Waals surface area contributed by atoms with Gasteiger partial charge in [0.05, 0.1) is 11.4 Å². The highest BCUT2D eigenvalue weighted by Crippen LogP contribution is 2.21. The minimum atomic E-state index is -0.567. The first kappa shape index (κ1) is 12.9. The minimum Gasteiger partial charge on any atom is -0.507 e. The van der Waals surface area contributed by atoms with Crippen molar-refractivity contribution < 1.29 is 9.90 Å². The van der Waals surface area contributed by atoms with Gasteiger partial charge in [-0.1, -0.05) is 12.1 Å². The summed E-state index contributed by atoms with van der Waals surface area (Å²) in [5, 5.41) is 9.72. The molecular weight excluding hydrogens is 244 g/mol. The summed E-state index contributed by atoms with van der Waals surface area (Å²) in [6.45, 7) is 2.90. The van der Waals surface area contributed by atoms with Crippen molar-refractivity contribution in [2.24, 2.45) is 0 Å². The van der Waals surface area contributed by atoms with Crippen molar-refractivity contribution >= 4 is 11.5 Å². The van der Waals surface area contributed by atoms with Gasteiger partial charge in [0, 0.05) is 11.8 Å². The Morgan fingerprint density at radius 3 is 2.53 bits per heavy atom. The van der Waals surface area contributed by atoms with Crippen LogP contribution in [0.5, 0.6) is 5.75 Å². The fourth-order valence-electron chi connectivity index (χ4n) is 2.04. The van der Waals surface area contributed by atoms with Crippen LogP contribution in [0.3, 0.4) is 0 Å². The number of pyridine rings is 1. The van der Waals surface area contributed by atoms with E-state index in [4.69, 9.17) is 5.73 Å². The fourth-order valence-corrected chi connectivity index (χ4v) is 2.04. The molecule has 2 rings (SSSR count). The van der Waals surface area contributed by atoms with Crippen LogP contribution in [-0.4, -0.2) is 15.5 Å². The molecule has 5 heteroatoms. The molecule has 1 heterocycles. The number of rotatable bonds is 2. The standard InChI is InChI=1S/C14H14N2O3/c1-8-7-12(18)13(9(2)17)14(19)16(8)11-6-4-3-5-10(11)15/h3-7,18H,15H2,1-2H3. The molecule has 0 aliphatic rings. The van der Waals surface area contributed by atoms with Gasteiger partial charge in [0.25, 0.3) is 5.56 Å². The molecule has 19 heavy (non-hydrogen) atoms. The molecule has 0 radical (unpaired) electrons. The number of ketones is 1. The molecule has 1 aromatic carbocycles. The Morgan fingerprint density at radius 2 is 1.95 bits per heavy atom. The van der Waals surface area contributed by atoms with Gasteiger partial charge < -0.3 is 10.8 Å². The molecule has 0 aliphatic heterocycles. The molecule has 0 aliphatic carbocycles. The highest BCUT2D eigenvalue weighted by atomic mass is 16.3. The van der Waals surface area contributed by atoms with Crippen LogP contribution in [0.4, 0.5) is 5.69 Å². The van der Waals surface area contributed by atoms with Crippen molar-refractivity contribution in [3.63, 3.8) is 0 Å². The summed E-state index contributed by atoms with van der Waals surface area (Å²) in [5.41, 5.74) is 6.47. The highest BCUT2D eigenvalue weighted by molar-refractivity contribution is 5.96. The summed E-state index contributed by atoms with van der Waals surface area (Å²) in [4.78, 5) is 23.8. The zero-order valence-corrected chi connectivity index (χ0v) is 10.7. The molecule has 0 spiro atoms. The predicted octanol–water partition coefficient (Wildman–Crippen LogP) is 1.64. The second-order valence-electron chi connectivity index (χ2n) is 4.30. The van der Waals surface area contributed by atoms with E-state index in [1.54, 1.807) is 31.2 Å². The number of nitrogens with two attached hydrogens (primary N) is 1.